The maximum Gasteiger partial charge on any atom is 0.338 e. The van der Waals surface area contributed by atoms with Crippen molar-refractivity contribution in [2.24, 2.45) is 0 Å². The van der Waals surface area contributed by atoms with E-state index in [1.54, 1.807) is 24.3 Å². The van der Waals surface area contributed by atoms with Gasteiger partial charge in [-0.3, -0.25) is 0 Å². The van der Waals surface area contributed by atoms with Gasteiger partial charge in [-0.1, -0.05) is 63.6 Å². The van der Waals surface area contributed by atoms with Crippen LogP contribution < -0.4 is 9.47 Å². The number of hydrogen-bond acceptors (Lipinski definition) is 5. The summed E-state index contributed by atoms with van der Waals surface area (Å²) in [5.74, 6) is 2.98. The van der Waals surface area contributed by atoms with Gasteiger partial charge in [-0.05, 0) is 42.8 Å². The highest BCUT2D eigenvalue weighted by atomic mass is 16.6. The molecule has 0 saturated heterocycles. The minimum Gasteiger partial charge on any atom is -0.490 e. The van der Waals surface area contributed by atoms with Gasteiger partial charge in [-0.25, -0.2) is 9.59 Å². The molecular formula is C26H32O5. The number of benzene rings is 2. The number of para-hydroxylation sites is 1. The maximum atomic E-state index is 12.1. The third-order valence-electron chi connectivity index (χ3n) is 4.78. The van der Waals surface area contributed by atoms with Gasteiger partial charge in [-0.2, -0.15) is 0 Å². The Hall–Kier alpha value is -3.04. The first kappa shape index (κ1) is 24.2. The third kappa shape index (κ3) is 10.0. The molecule has 0 aromatic heterocycles. The van der Waals surface area contributed by atoms with Crippen LogP contribution in [-0.4, -0.2) is 25.1 Å². The summed E-state index contributed by atoms with van der Waals surface area (Å²) in [6.45, 7) is 2.64. The zero-order valence-electron chi connectivity index (χ0n) is 18.3. The number of carbonyl (C=O) groups excluding carboxylic acids is 2. The Bertz CT molecular complexity index is 807. The van der Waals surface area contributed by atoms with Crippen molar-refractivity contribution in [3.8, 4) is 11.5 Å². The summed E-state index contributed by atoms with van der Waals surface area (Å²) in [7, 11) is 0. The second kappa shape index (κ2) is 14.9. The topological polar surface area (TPSA) is 61.8 Å². The van der Waals surface area contributed by atoms with Crippen LogP contribution in [0.5, 0.6) is 11.5 Å². The predicted octanol–water partition coefficient (Wildman–Crippen LogP) is 6.16. The van der Waals surface area contributed by atoms with Crippen LogP contribution in [0.3, 0.4) is 0 Å². The van der Waals surface area contributed by atoms with Crippen LogP contribution in [0.4, 0.5) is 0 Å². The molecule has 0 aliphatic carbocycles. The van der Waals surface area contributed by atoms with E-state index in [4.69, 9.17) is 14.2 Å². The summed E-state index contributed by atoms with van der Waals surface area (Å²) in [6, 6.07) is 15.9. The SMILES string of the molecule is CCCCCCCCCC(=C=O)Oc1ccc(C(=O)OCCOc2ccccc2)cc1. The van der Waals surface area contributed by atoms with E-state index in [0.29, 0.717) is 23.5 Å². The van der Waals surface area contributed by atoms with Gasteiger partial charge in [0.15, 0.2) is 11.7 Å². The molecule has 0 unspecified atom stereocenters. The van der Waals surface area contributed by atoms with Crippen LogP contribution in [0.1, 0.15) is 68.6 Å². The second-order valence-electron chi connectivity index (χ2n) is 7.32. The molecule has 0 aliphatic heterocycles. The van der Waals surface area contributed by atoms with E-state index in [0.717, 1.165) is 18.6 Å². The quantitative estimate of drug-likeness (QED) is 0.148. The molecule has 0 amide bonds. The average Bonchev–Trinajstić information content (AvgIpc) is 2.81. The Kier molecular flexibility index (Phi) is 11.6. The number of allylic oxidation sites excluding steroid dienone is 1. The number of rotatable bonds is 15. The first-order chi connectivity index (χ1) is 15.2. The van der Waals surface area contributed by atoms with Crippen molar-refractivity contribution in [2.45, 2.75) is 58.3 Å². The highest BCUT2D eigenvalue weighted by Gasteiger charge is 2.09. The Morgan fingerprint density at radius 1 is 0.806 bits per heavy atom. The van der Waals surface area contributed by atoms with Crippen molar-refractivity contribution < 1.29 is 23.8 Å². The van der Waals surface area contributed by atoms with Crippen molar-refractivity contribution in [3.05, 3.63) is 65.9 Å². The van der Waals surface area contributed by atoms with E-state index in [1.807, 2.05) is 36.3 Å². The zero-order valence-corrected chi connectivity index (χ0v) is 18.3. The van der Waals surface area contributed by atoms with Gasteiger partial charge in [0.05, 0.1) is 5.56 Å². The predicted molar refractivity (Wildman–Crippen MR) is 121 cm³/mol. The van der Waals surface area contributed by atoms with E-state index in [-0.39, 0.29) is 13.2 Å². The van der Waals surface area contributed by atoms with Gasteiger partial charge < -0.3 is 14.2 Å². The van der Waals surface area contributed by atoms with Crippen LogP contribution in [0, 0.1) is 0 Å². The first-order valence-electron chi connectivity index (χ1n) is 11.1. The summed E-state index contributed by atoms with van der Waals surface area (Å²) < 4.78 is 16.3. The zero-order chi connectivity index (χ0) is 22.2. The smallest absolute Gasteiger partial charge is 0.338 e. The summed E-state index contributed by atoms with van der Waals surface area (Å²) >= 11 is 0. The number of carbonyl (C=O) groups is 1. The molecule has 0 heterocycles. The summed E-state index contributed by atoms with van der Waals surface area (Å²) in [4.78, 5) is 23.3. The molecule has 5 heteroatoms. The number of ether oxygens (including phenoxy) is 3. The van der Waals surface area contributed by atoms with Gasteiger partial charge in [0.2, 0.25) is 0 Å². The summed E-state index contributed by atoms with van der Waals surface area (Å²) in [5, 5.41) is 0. The first-order valence-corrected chi connectivity index (χ1v) is 11.1. The normalized spacial score (nSPS) is 10.2. The van der Waals surface area contributed by atoms with Crippen LogP contribution >= 0.6 is 0 Å². The molecule has 166 valence electrons. The lowest BCUT2D eigenvalue weighted by Gasteiger charge is -2.09. The van der Waals surface area contributed by atoms with E-state index < -0.39 is 5.97 Å². The fourth-order valence-electron chi connectivity index (χ4n) is 3.06. The fraction of sp³-hybridized carbons (Fsp3) is 0.423. The Morgan fingerprint density at radius 3 is 2.16 bits per heavy atom. The molecule has 0 N–H and O–H groups in total. The van der Waals surface area contributed by atoms with Crippen molar-refractivity contribution >= 4 is 11.9 Å². The minimum atomic E-state index is -0.433. The van der Waals surface area contributed by atoms with Gasteiger partial charge in [0.1, 0.15) is 24.7 Å². The molecule has 0 fully saturated rings. The van der Waals surface area contributed by atoms with Crippen molar-refractivity contribution in [3.63, 3.8) is 0 Å². The molecule has 0 spiro atoms. The Morgan fingerprint density at radius 2 is 1.48 bits per heavy atom. The summed E-state index contributed by atoms with van der Waals surface area (Å²) in [5.41, 5.74) is 0.413. The highest BCUT2D eigenvalue weighted by molar-refractivity contribution is 5.89. The van der Waals surface area contributed by atoms with Crippen molar-refractivity contribution in [2.75, 3.05) is 13.2 Å². The number of hydrogen-bond donors (Lipinski definition) is 0. The Labute approximate surface area is 185 Å². The lowest BCUT2D eigenvalue weighted by Crippen LogP contribution is -2.12. The van der Waals surface area contributed by atoms with Gasteiger partial charge >= 0.3 is 5.97 Å². The molecule has 0 atom stereocenters. The molecule has 2 aromatic carbocycles. The number of unbranched alkanes of at least 4 members (excludes halogenated alkanes) is 6. The van der Waals surface area contributed by atoms with Crippen LogP contribution in [0.2, 0.25) is 0 Å². The van der Waals surface area contributed by atoms with Gasteiger partial charge in [0.25, 0.3) is 0 Å². The molecule has 31 heavy (non-hydrogen) atoms. The van der Waals surface area contributed by atoms with Crippen LogP contribution in [0.15, 0.2) is 60.4 Å². The van der Waals surface area contributed by atoms with E-state index >= 15 is 0 Å². The number of esters is 1. The van der Waals surface area contributed by atoms with Gasteiger partial charge in [-0.15, -0.1) is 0 Å². The molecule has 0 bridgehead atoms. The van der Waals surface area contributed by atoms with Gasteiger partial charge in [0, 0.05) is 6.42 Å². The fourth-order valence-corrected chi connectivity index (χ4v) is 3.06. The molecule has 0 saturated carbocycles. The minimum absolute atomic E-state index is 0.155. The van der Waals surface area contributed by atoms with E-state index in [9.17, 15) is 9.59 Å². The Balaban J connectivity index is 1.67. The van der Waals surface area contributed by atoms with Crippen LogP contribution in [-0.2, 0) is 9.53 Å². The lowest BCUT2D eigenvalue weighted by atomic mass is 10.1. The molecule has 2 rings (SSSR count). The van der Waals surface area contributed by atoms with Crippen molar-refractivity contribution in [1.29, 1.82) is 0 Å². The summed E-state index contributed by atoms with van der Waals surface area (Å²) in [6.07, 6.45) is 8.78. The second-order valence-corrected chi connectivity index (χ2v) is 7.32. The van der Waals surface area contributed by atoms with Crippen LogP contribution in [0.25, 0.3) is 0 Å². The molecule has 0 aliphatic rings. The standard InChI is InChI=1S/C26H32O5/c1-2-3-4-5-6-7-9-14-25(21-27)31-24-17-15-22(16-18-24)26(28)30-20-19-29-23-12-10-8-11-13-23/h8,10-13,15-18H,2-7,9,14,19-20H2,1H3. The van der Waals surface area contributed by atoms with Crippen molar-refractivity contribution in [1.82, 2.24) is 0 Å². The molecule has 2 aromatic rings. The molecular weight excluding hydrogens is 392 g/mol. The highest BCUT2D eigenvalue weighted by Crippen LogP contribution is 2.18. The molecule has 0 radical (unpaired) electrons. The maximum absolute atomic E-state index is 12.1. The molecule has 5 nitrogen and oxygen atoms in total. The average molecular weight is 425 g/mol. The monoisotopic (exact) mass is 424 g/mol. The lowest BCUT2D eigenvalue weighted by molar-refractivity contribution is 0.0450. The van der Waals surface area contributed by atoms with E-state index in [1.165, 1.54) is 32.1 Å². The third-order valence-corrected chi connectivity index (χ3v) is 4.78. The van der Waals surface area contributed by atoms with E-state index in [2.05, 4.69) is 6.92 Å². The largest absolute Gasteiger partial charge is 0.490 e.